The van der Waals surface area contributed by atoms with Gasteiger partial charge in [-0.25, -0.2) is 9.97 Å². The van der Waals surface area contributed by atoms with E-state index in [4.69, 9.17) is 0 Å². The summed E-state index contributed by atoms with van der Waals surface area (Å²) in [5, 5.41) is 6.30. The molecular weight excluding hydrogens is 326 g/mol. The highest BCUT2D eigenvalue weighted by atomic mass is 16.1. The molecule has 1 saturated carbocycles. The van der Waals surface area contributed by atoms with Crippen LogP contribution in [0.1, 0.15) is 49.0 Å². The molecule has 0 saturated heterocycles. The Labute approximate surface area is 155 Å². The molecule has 2 aromatic rings. The van der Waals surface area contributed by atoms with Gasteiger partial charge in [-0.1, -0.05) is 25.7 Å². The van der Waals surface area contributed by atoms with E-state index in [1.54, 1.807) is 6.20 Å². The fourth-order valence-electron chi connectivity index (χ4n) is 3.19. The molecule has 1 aromatic heterocycles. The Morgan fingerprint density at radius 1 is 1.00 bits per heavy atom. The van der Waals surface area contributed by atoms with Gasteiger partial charge in [0.2, 0.25) is 0 Å². The van der Waals surface area contributed by atoms with Crippen LogP contribution in [0.2, 0.25) is 0 Å². The van der Waals surface area contributed by atoms with Gasteiger partial charge in [-0.3, -0.25) is 4.79 Å². The monoisotopic (exact) mass is 353 g/mol. The van der Waals surface area contributed by atoms with E-state index in [0.29, 0.717) is 11.7 Å². The summed E-state index contributed by atoms with van der Waals surface area (Å²) in [5.74, 6) is 0.486. The van der Waals surface area contributed by atoms with Gasteiger partial charge in [0.1, 0.15) is 11.5 Å². The Hall–Kier alpha value is -2.63. The van der Waals surface area contributed by atoms with Crippen LogP contribution in [0.3, 0.4) is 0 Å². The Morgan fingerprint density at radius 3 is 2.27 bits per heavy atom. The average Bonchev–Trinajstić information content (AvgIpc) is 2.91. The minimum absolute atomic E-state index is 0.254. The normalized spacial score (nSPS) is 15.2. The molecule has 1 fully saturated rings. The topological polar surface area (TPSA) is 70.2 Å². The van der Waals surface area contributed by atoms with Crippen molar-refractivity contribution < 1.29 is 4.79 Å². The summed E-state index contributed by atoms with van der Waals surface area (Å²) in [4.78, 5) is 23.0. The van der Waals surface area contributed by atoms with E-state index in [1.165, 1.54) is 44.7 Å². The Balaban J connectivity index is 1.57. The van der Waals surface area contributed by atoms with Crippen molar-refractivity contribution in [2.75, 3.05) is 29.6 Å². The summed E-state index contributed by atoms with van der Waals surface area (Å²) < 4.78 is 0. The lowest BCUT2D eigenvalue weighted by Crippen LogP contribution is -2.20. The summed E-state index contributed by atoms with van der Waals surface area (Å²) in [5.41, 5.74) is 2.13. The van der Waals surface area contributed by atoms with Crippen molar-refractivity contribution in [3.8, 4) is 0 Å². The quantitative estimate of drug-likeness (QED) is 0.797. The van der Waals surface area contributed by atoms with E-state index in [2.05, 4.69) is 20.6 Å². The lowest BCUT2D eigenvalue weighted by Gasteiger charge is -2.16. The third-order valence-corrected chi connectivity index (χ3v) is 4.73. The highest BCUT2D eigenvalue weighted by Crippen LogP contribution is 2.20. The van der Waals surface area contributed by atoms with Crippen LogP contribution in [0.5, 0.6) is 0 Å². The molecule has 0 unspecified atom stereocenters. The van der Waals surface area contributed by atoms with Crippen LogP contribution < -0.4 is 15.5 Å². The molecule has 138 valence electrons. The van der Waals surface area contributed by atoms with Crippen molar-refractivity contribution in [2.24, 2.45) is 0 Å². The largest absolute Gasteiger partial charge is 0.378 e. The maximum Gasteiger partial charge on any atom is 0.275 e. The molecule has 6 nitrogen and oxygen atoms in total. The second-order valence-electron chi connectivity index (χ2n) is 7.02. The van der Waals surface area contributed by atoms with Gasteiger partial charge in [0.15, 0.2) is 0 Å². The summed E-state index contributed by atoms with van der Waals surface area (Å²) in [6.45, 7) is 0. The van der Waals surface area contributed by atoms with Crippen LogP contribution in [0.25, 0.3) is 0 Å². The first-order chi connectivity index (χ1) is 12.6. The number of nitrogens with zero attached hydrogens (tertiary/aromatic N) is 3. The molecule has 26 heavy (non-hydrogen) atoms. The van der Waals surface area contributed by atoms with Gasteiger partial charge >= 0.3 is 0 Å². The molecule has 0 radical (unpaired) electrons. The van der Waals surface area contributed by atoms with Gasteiger partial charge < -0.3 is 15.5 Å². The van der Waals surface area contributed by atoms with Crippen molar-refractivity contribution in [1.82, 2.24) is 9.97 Å². The standard InChI is InChI=1S/C20H27N5O/c1-25(2)17-11-9-16(10-12-17)24-20(26)18-13-22-19(14-21-18)23-15-7-5-3-4-6-8-15/h9-15H,3-8H2,1-2H3,(H,22,23)(H,24,26). The Bertz CT molecular complexity index is 704. The molecule has 0 atom stereocenters. The summed E-state index contributed by atoms with van der Waals surface area (Å²) in [6, 6.07) is 8.13. The minimum atomic E-state index is -0.254. The zero-order valence-electron chi connectivity index (χ0n) is 15.5. The smallest absolute Gasteiger partial charge is 0.275 e. The van der Waals surface area contributed by atoms with Crippen LogP contribution in [-0.2, 0) is 0 Å². The summed E-state index contributed by atoms with van der Waals surface area (Å²) in [7, 11) is 3.96. The number of carbonyl (C=O) groups excluding carboxylic acids is 1. The lowest BCUT2D eigenvalue weighted by atomic mass is 10.1. The molecule has 1 aliphatic rings. The number of anilines is 3. The minimum Gasteiger partial charge on any atom is -0.378 e. The molecule has 1 heterocycles. The predicted molar refractivity (Wildman–Crippen MR) is 106 cm³/mol. The van der Waals surface area contributed by atoms with Crippen molar-refractivity contribution in [1.29, 1.82) is 0 Å². The number of nitrogens with one attached hydrogen (secondary N) is 2. The maximum atomic E-state index is 12.3. The highest BCUT2D eigenvalue weighted by molar-refractivity contribution is 6.02. The zero-order chi connectivity index (χ0) is 18.4. The number of amides is 1. The van der Waals surface area contributed by atoms with Crippen LogP contribution >= 0.6 is 0 Å². The summed E-state index contributed by atoms with van der Waals surface area (Å²) >= 11 is 0. The molecule has 1 aromatic carbocycles. The van der Waals surface area contributed by atoms with Crippen LogP contribution in [0.4, 0.5) is 17.2 Å². The number of hydrogen-bond donors (Lipinski definition) is 2. The maximum absolute atomic E-state index is 12.3. The van der Waals surface area contributed by atoms with Crippen LogP contribution in [-0.4, -0.2) is 36.0 Å². The third-order valence-electron chi connectivity index (χ3n) is 4.73. The number of rotatable bonds is 5. The van der Waals surface area contributed by atoms with Crippen LogP contribution in [0.15, 0.2) is 36.7 Å². The number of aromatic nitrogens is 2. The van der Waals surface area contributed by atoms with Crippen LogP contribution in [0, 0.1) is 0 Å². The molecule has 6 heteroatoms. The lowest BCUT2D eigenvalue weighted by molar-refractivity contribution is 0.102. The number of carbonyl (C=O) groups is 1. The average molecular weight is 353 g/mol. The fourth-order valence-corrected chi connectivity index (χ4v) is 3.19. The molecule has 2 N–H and O–H groups in total. The van der Waals surface area contributed by atoms with Gasteiger partial charge in [0.05, 0.1) is 12.4 Å². The van der Waals surface area contributed by atoms with Crippen molar-refractivity contribution in [3.05, 3.63) is 42.4 Å². The Kier molecular flexibility index (Phi) is 6.04. The molecule has 0 bridgehead atoms. The Morgan fingerprint density at radius 2 is 1.69 bits per heavy atom. The third kappa shape index (κ3) is 4.94. The van der Waals surface area contributed by atoms with Crippen molar-refractivity contribution >= 4 is 23.1 Å². The van der Waals surface area contributed by atoms with E-state index in [9.17, 15) is 4.79 Å². The van der Waals surface area contributed by atoms with Gasteiger partial charge in [-0.05, 0) is 37.1 Å². The second-order valence-corrected chi connectivity index (χ2v) is 7.02. The van der Waals surface area contributed by atoms with E-state index >= 15 is 0 Å². The molecule has 3 rings (SSSR count). The van der Waals surface area contributed by atoms with Gasteiger partial charge in [-0.2, -0.15) is 0 Å². The van der Waals surface area contributed by atoms with Crippen molar-refractivity contribution in [3.63, 3.8) is 0 Å². The van der Waals surface area contributed by atoms with E-state index in [0.717, 1.165) is 17.2 Å². The predicted octanol–water partition coefficient (Wildman–Crippen LogP) is 3.93. The van der Waals surface area contributed by atoms with Gasteiger partial charge in [0.25, 0.3) is 5.91 Å². The molecule has 0 spiro atoms. The van der Waals surface area contributed by atoms with Gasteiger partial charge in [-0.15, -0.1) is 0 Å². The first kappa shape index (κ1) is 18.2. The first-order valence-corrected chi connectivity index (χ1v) is 9.29. The first-order valence-electron chi connectivity index (χ1n) is 9.29. The molecule has 1 aliphatic carbocycles. The van der Waals surface area contributed by atoms with Gasteiger partial charge in [0, 0.05) is 31.5 Å². The zero-order valence-corrected chi connectivity index (χ0v) is 15.5. The SMILES string of the molecule is CN(C)c1ccc(NC(=O)c2cnc(NC3CCCCCC3)cn2)cc1. The molecule has 0 aliphatic heterocycles. The van der Waals surface area contributed by atoms with Crippen molar-refractivity contribution in [2.45, 2.75) is 44.6 Å². The molecular formula is C20H27N5O. The highest BCUT2D eigenvalue weighted by Gasteiger charge is 2.13. The fraction of sp³-hybridized carbons (Fsp3) is 0.450. The van der Waals surface area contributed by atoms with E-state index in [1.807, 2.05) is 43.3 Å². The number of hydrogen-bond acceptors (Lipinski definition) is 5. The van der Waals surface area contributed by atoms with E-state index < -0.39 is 0 Å². The summed E-state index contributed by atoms with van der Waals surface area (Å²) in [6.07, 6.45) is 10.7. The molecule has 1 amide bonds. The second kappa shape index (κ2) is 8.65. The number of benzene rings is 1. The van der Waals surface area contributed by atoms with E-state index in [-0.39, 0.29) is 5.91 Å².